The minimum atomic E-state index is -0.304. The van der Waals surface area contributed by atoms with Gasteiger partial charge in [-0.15, -0.1) is 0 Å². The summed E-state index contributed by atoms with van der Waals surface area (Å²) in [4.78, 5) is 12.0. The molecule has 114 valence electrons. The topological polar surface area (TPSA) is 50.7 Å². The van der Waals surface area contributed by atoms with Gasteiger partial charge in [-0.3, -0.25) is 4.79 Å². The molecule has 0 bridgehead atoms. The summed E-state index contributed by atoms with van der Waals surface area (Å²) in [6.07, 6.45) is 0. The van der Waals surface area contributed by atoms with Crippen molar-refractivity contribution in [1.82, 2.24) is 5.43 Å². The van der Waals surface area contributed by atoms with Gasteiger partial charge in [-0.05, 0) is 48.9 Å². The number of carbonyl (C=O) groups is 1. The number of ether oxygens (including phenoxy) is 1. The molecule has 1 amide bonds. The monoisotopic (exact) mass is 336 g/mol. The molecule has 0 heterocycles. The van der Waals surface area contributed by atoms with Crippen molar-refractivity contribution in [3.05, 3.63) is 63.6 Å². The van der Waals surface area contributed by atoms with E-state index in [1.165, 1.54) is 0 Å². The second-order valence-corrected chi connectivity index (χ2v) is 5.31. The van der Waals surface area contributed by atoms with Crippen LogP contribution in [0.3, 0.4) is 0 Å². The molecular weight excluding hydrogens is 323 g/mol. The van der Waals surface area contributed by atoms with E-state index in [9.17, 15) is 4.79 Å². The molecule has 1 N–H and O–H groups in total. The first-order chi connectivity index (χ1) is 10.5. The molecule has 0 aromatic heterocycles. The van der Waals surface area contributed by atoms with Crippen molar-refractivity contribution in [3.8, 4) is 5.75 Å². The van der Waals surface area contributed by atoms with Crippen molar-refractivity contribution in [2.24, 2.45) is 5.10 Å². The maximum atomic E-state index is 12.0. The van der Waals surface area contributed by atoms with Gasteiger partial charge in [-0.1, -0.05) is 29.3 Å². The van der Waals surface area contributed by atoms with Crippen LogP contribution in [-0.4, -0.2) is 18.7 Å². The standard InChI is InChI=1S/C16H14Cl2N2O2/c1-10(12-5-8-14(17)15(18)9-12)19-20-16(21)11-3-6-13(22-2)7-4-11/h3-9H,1-2H3,(H,20,21). The van der Waals surface area contributed by atoms with Crippen LogP contribution in [0.1, 0.15) is 22.8 Å². The van der Waals surface area contributed by atoms with Gasteiger partial charge in [0, 0.05) is 5.56 Å². The number of hydrogen-bond acceptors (Lipinski definition) is 3. The van der Waals surface area contributed by atoms with Crippen LogP contribution in [0.15, 0.2) is 47.6 Å². The Morgan fingerprint density at radius 2 is 1.68 bits per heavy atom. The smallest absolute Gasteiger partial charge is 0.271 e. The number of hydrazone groups is 1. The largest absolute Gasteiger partial charge is 0.497 e. The molecule has 4 nitrogen and oxygen atoms in total. The number of methoxy groups -OCH3 is 1. The Bertz CT molecular complexity index is 713. The van der Waals surface area contributed by atoms with Gasteiger partial charge >= 0.3 is 0 Å². The highest BCUT2D eigenvalue weighted by atomic mass is 35.5. The zero-order chi connectivity index (χ0) is 16.1. The van der Waals surface area contributed by atoms with E-state index >= 15 is 0 Å². The van der Waals surface area contributed by atoms with E-state index in [4.69, 9.17) is 27.9 Å². The predicted octanol–water partition coefficient (Wildman–Crippen LogP) is 4.16. The molecule has 0 spiro atoms. The normalized spacial score (nSPS) is 11.2. The molecule has 0 saturated heterocycles. The number of amides is 1. The summed E-state index contributed by atoms with van der Waals surface area (Å²) in [7, 11) is 1.57. The highest BCUT2D eigenvalue weighted by molar-refractivity contribution is 6.42. The summed E-state index contributed by atoms with van der Waals surface area (Å²) >= 11 is 11.8. The molecule has 2 aromatic rings. The molecule has 6 heteroatoms. The molecule has 0 saturated carbocycles. The molecule has 0 aliphatic rings. The van der Waals surface area contributed by atoms with E-state index < -0.39 is 0 Å². The molecule has 0 fully saturated rings. The Hall–Kier alpha value is -2.04. The van der Waals surface area contributed by atoms with E-state index in [0.717, 1.165) is 5.56 Å². The van der Waals surface area contributed by atoms with Gasteiger partial charge in [0.05, 0.1) is 22.9 Å². The van der Waals surface area contributed by atoms with Crippen LogP contribution in [-0.2, 0) is 0 Å². The number of nitrogens with one attached hydrogen (secondary N) is 1. The molecule has 0 unspecified atom stereocenters. The van der Waals surface area contributed by atoms with Crippen LogP contribution in [0.25, 0.3) is 0 Å². The molecule has 0 aliphatic heterocycles. The number of rotatable bonds is 4. The minimum Gasteiger partial charge on any atom is -0.497 e. The number of hydrogen-bond donors (Lipinski definition) is 1. The van der Waals surface area contributed by atoms with Gasteiger partial charge in [0.25, 0.3) is 5.91 Å². The average Bonchev–Trinajstić information content (AvgIpc) is 2.54. The summed E-state index contributed by atoms with van der Waals surface area (Å²) in [6.45, 7) is 1.77. The van der Waals surface area contributed by atoms with Crippen molar-refractivity contribution >= 4 is 34.8 Å². The molecular formula is C16H14Cl2N2O2. The minimum absolute atomic E-state index is 0.304. The third kappa shape index (κ3) is 4.00. The van der Waals surface area contributed by atoms with Crippen LogP contribution in [0.2, 0.25) is 10.0 Å². The van der Waals surface area contributed by atoms with E-state index in [1.807, 2.05) is 0 Å². The van der Waals surface area contributed by atoms with Crippen molar-refractivity contribution in [1.29, 1.82) is 0 Å². The predicted molar refractivity (Wildman–Crippen MR) is 89.1 cm³/mol. The van der Waals surface area contributed by atoms with Crippen molar-refractivity contribution in [3.63, 3.8) is 0 Å². The summed E-state index contributed by atoms with van der Waals surface area (Å²) in [5, 5.41) is 4.98. The lowest BCUT2D eigenvalue weighted by Gasteiger charge is -2.05. The van der Waals surface area contributed by atoms with Crippen LogP contribution < -0.4 is 10.2 Å². The Morgan fingerprint density at radius 3 is 2.27 bits per heavy atom. The first-order valence-corrected chi connectivity index (χ1v) is 7.21. The van der Waals surface area contributed by atoms with Crippen LogP contribution in [0.4, 0.5) is 0 Å². The Kier molecular flexibility index (Phi) is 5.41. The lowest BCUT2D eigenvalue weighted by molar-refractivity contribution is 0.0955. The van der Waals surface area contributed by atoms with Gasteiger partial charge in [0.1, 0.15) is 5.75 Å². The fraction of sp³-hybridized carbons (Fsp3) is 0.125. The molecule has 22 heavy (non-hydrogen) atoms. The third-order valence-electron chi connectivity index (χ3n) is 3.01. The van der Waals surface area contributed by atoms with Crippen molar-refractivity contribution in [2.45, 2.75) is 6.92 Å². The van der Waals surface area contributed by atoms with E-state index in [0.29, 0.717) is 27.1 Å². The zero-order valence-electron chi connectivity index (χ0n) is 12.1. The lowest BCUT2D eigenvalue weighted by atomic mass is 10.1. The highest BCUT2D eigenvalue weighted by Crippen LogP contribution is 2.22. The highest BCUT2D eigenvalue weighted by Gasteiger charge is 2.06. The number of carbonyl (C=O) groups excluding carboxylic acids is 1. The van der Waals surface area contributed by atoms with Crippen molar-refractivity contribution < 1.29 is 9.53 Å². The first-order valence-electron chi connectivity index (χ1n) is 6.45. The van der Waals surface area contributed by atoms with Crippen molar-refractivity contribution in [2.75, 3.05) is 7.11 Å². The van der Waals surface area contributed by atoms with Gasteiger partial charge < -0.3 is 4.74 Å². The van der Waals surface area contributed by atoms with E-state index in [1.54, 1.807) is 56.5 Å². The lowest BCUT2D eigenvalue weighted by Crippen LogP contribution is -2.19. The van der Waals surface area contributed by atoms with Crippen LogP contribution in [0.5, 0.6) is 5.75 Å². The number of nitrogens with zero attached hydrogens (tertiary/aromatic N) is 1. The summed E-state index contributed by atoms with van der Waals surface area (Å²) in [6, 6.07) is 11.9. The first kappa shape index (κ1) is 16.3. The third-order valence-corrected chi connectivity index (χ3v) is 3.75. The second-order valence-electron chi connectivity index (χ2n) is 4.50. The Labute approximate surface area is 138 Å². The maximum absolute atomic E-state index is 12.0. The molecule has 2 rings (SSSR count). The van der Waals surface area contributed by atoms with Gasteiger partial charge in [0.2, 0.25) is 0 Å². The van der Waals surface area contributed by atoms with Gasteiger partial charge in [0.15, 0.2) is 0 Å². The van der Waals surface area contributed by atoms with Crippen LogP contribution >= 0.6 is 23.2 Å². The SMILES string of the molecule is COc1ccc(C(=O)NN=C(C)c2ccc(Cl)c(Cl)c2)cc1. The average molecular weight is 337 g/mol. The molecule has 0 atom stereocenters. The molecule has 0 radical (unpaired) electrons. The van der Waals surface area contributed by atoms with Gasteiger partial charge in [-0.2, -0.15) is 5.10 Å². The van der Waals surface area contributed by atoms with E-state index in [2.05, 4.69) is 10.5 Å². The number of benzene rings is 2. The fourth-order valence-electron chi connectivity index (χ4n) is 1.73. The molecule has 0 aliphatic carbocycles. The second kappa shape index (κ2) is 7.29. The summed E-state index contributed by atoms with van der Waals surface area (Å²) < 4.78 is 5.04. The van der Waals surface area contributed by atoms with E-state index in [-0.39, 0.29) is 5.91 Å². The van der Waals surface area contributed by atoms with Crippen LogP contribution in [0, 0.1) is 0 Å². The zero-order valence-corrected chi connectivity index (χ0v) is 13.6. The fourth-order valence-corrected chi connectivity index (χ4v) is 2.03. The summed E-state index contributed by atoms with van der Waals surface area (Å²) in [5.74, 6) is 0.383. The Morgan fingerprint density at radius 1 is 1.05 bits per heavy atom. The maximum Gasteiger partial charge on any atom is 0.271 e. The summed E-state index contributed by atoms with van der Waals surface area (Å²) in [5.41, 5.74) is 4.40. The van der Waals surface area contributed by atoms with Gasteiger partial charge in [-0.25, -0.2) is 5.43 Å². The quantitative estimate of drug-likeness (QED) is 0.673. The Balaban J connectivity index is 2.08. The number of halogens is 2. The molecule has 2 aromatic carbocycles.